The third-order valence-corrected chi connectivity index (χ3v) is 9.35. The van der Waals surface area contributed by atoms with Crippen molar-refractivity contribution in [2.24, 2.45) is 5.73 Å². The van der Waals surface area contributed by atoms with E-state index in [0.29, 0.717) is 18.9 Å². The topological polar surface area (TPSA) is 113 Å². The molecule has 2 aromatic rings. The molecule has 1 aliphatic heterocycles. The molecule has 4 rings (SSSR count). The fourth-order valence-electron chi connectivity index (χ4n) is 4.44. The van der Waals surface area contributed by atoms with E-state index in [9.17, 15) is 26.8 Å². The molecular weight excluding hydrogens is 486 g/mol. The Morgan fingerprint density at radius 2 is 1.74 bits per heavy atom. The second-order valence-electron chi connectivity index (χ2n) is 8.55. The summed E-state index contributed by atoms with van der Waals surface area (Å²) in [7, 11) is -4.10. The number of carbonyl (C=O) groups is 2. The lowest BCUT2D eigenvalue weighted by molar-refractivity contribution is -0.132. The number of sulfonamides is 1. The largest absolute Gasteiger partial charge is 0.350 e. The fourth-order valence-corrected chi connectivity index (χ4v) is 7.15. The van der Waals surface area contributed by atoms with Crippen LogP contribution in [0.4, 0.5) is 8.78 Å². The highest BCUT2D eigenvalue weighted by Gasteiger charge is 2.45. The Morgan fingerprint density at radius 1 is 1.06 bits per heavy atom. The average Bonchev–Trinajstić information content (AvgIpc) is 3.35. The minimum atomic E-state index is -4.10. The molecule has 34 heavy (non-hydrogen) atoms. The smallest absolute Gasteiger partial charge is 0.259 e. The average molecular weight is 513 g/mol. The van der Waals surface area contributed by atoms with Crippen LogP contribution in [0.3, 0.4) is 0 Å². The van der Waals surface area contributed by atoms with E-state index in [1.54, 1.807) is 11.4 Å². The van der Waals surface area contributed by atoms with Crippen molar-refractivity contribution < 1.29 is 26.8 Å². The van der Waals surface area contributed by atoms with E-state index < -0.39 is 39.6 Å². The molecule has 8 nitrogen and oxygen atoms in total. The number of hydrogen-bond acceptors (Lipinski definition) is 6. The summed E-state index contributed by atoms with van der Waals surface area (Å²) >= 11 is 1.01. The zero-order valence-corrected chi connectivity index (χ0v) is 20.0. The Bertz CT molecular complexity index is 1130. The number of benzene rings is 1. The Kier molecular flexibility index (Phi) is 7.31. The number of rotatable bonds is 5. The van der Waals surface area contributed by atoms with Gasteiger partial charge in [0, 0.05) is 36.8 Å². The van der Waals surface area contributed by atoms with Crippen LogP contribution < -0.4 is 11.1 Å². The predicted molar refractivity (Wildman–Crippen MR) is 122 cm³/mol. The summed E-state index contributed by atoms with van der Waals surface area (Å²) in [6.45, 7) is 0.0796. The van der Waals surface area contributed by atoms with Crippen molar-refractivity contribution in [1.82, 2.24) is 14.5 Å². The van der Waals surface area contributed by atoms with Crippen LogP contribution in [-0.4, -0.2) is 60.8 Å². The van der Waals surface area contributed by atoms with Crippen LogP contribution in [-0.2, 0) is 14.8 Å². The summed E-state index contributed by atoms with van der Waals surface area (Å²) in [4.78, 5) is 27.8. The van der Waals surface area contributed by atoms with Gasteiger partial charge in [-0.25, -0.2) is 17.2 Å². The molecule has 2 fully saturated rings. The number of carbonyl (C=O) groups excluding carboxylic acids is 2. The van der Waals surface area contributed by atoms with E-state index in [4.69, 9.17) is 5.73 Å². The molecule has 0 spiro atoms. The van der Waals surface area contributed by atoms with Gasteiger partial charge in [0.2, 0.25) is 0 Å². The minimum absolute atomic E-state index is 0.0230. The molecule has 1 aromatic carbocycles. The molecule has 2 amide bonds. The molecule has 1 atom stereocenters. The Hall–Kier alpha value is -2.41. The normalized spacial score (nSPS) is 24.1. The van der Waals surface area contributed by atoms with Crippen LogP contribution in [0.5, 0.6) is 0 Å². The number of nitrogens with zero attached hydrogens (tertiary/aromatic N) is 2. The first kappa shape index (κ1) is 24.7. The van der Waals surface area contributed by atoms with Crippen LogP contribution >= 0.6 is 11.3 Å². The van der Waals surface area contributed by atoms with Gasteiger partial charge >= 0.3 is 0 Å². The van der Waals surface area contributed by atoms with Crippen LogP contribution in [0.2, 0.25) is 0 Å². The first-order valence-corrected chi connectivity index (χ1v) is 13.4. The molecule has 0 radical (unpaired) electrons. The molecule has 1 unspecified atom stereocenters. The maximum absolute atomic E-state index is 13.8. The summed E-state index contributed by atoms with van der Waals surface area (Å²) in [5.74, 6) is -3.35. The van der Waals surface area contributed by atoms with Gasteiger partial charge in [-0.05, 0) is 55.7 Å². The lowest BCUT2D eigenvalue weighted by atomic mass is 9.92. The van der Waals surface area contributed by atoms with E-state index in [1.165, 1.54) is 6.07 Å². The molecule has 1 aromatic heterocycles. The first-order valence-electron chi connectivity index (χ1n) is 11.0. The van der Waals surface area contributed by atoms with Crippen molar-refractivity contribution >= 4 is 33.2 Å². The predicted octanol–water partition coefficient (Wildman–Crippen LogP) is 2.28. The van der Waals surface area contributed by atoms with Crippen molar-refractivity contribution in [1.29, 1.82) is 0 Å². The highest BCUT2D eigenvalue weighted by molar-refractivity contribution is 7.91. The maximum atomic E-state index is 13.8. The van der Waals surface area contributed by atoms with Crippen molar-refractivity contribution in [3.8, 4) is 0 Å². The summed E-state index contributed by atoms with van der Waals surface area (Å²) in [5.41, 5.74) is 5.64. The van der Waals surface area contributed by atoms with Crippen LogP contribution in [0.15, 0.2) is 39.9 Å². The van der Waals surface area contributed by atoms with E-state index >= 15 is 0 Å². The standard InChI is InChI=1S/C22H26F2N4O4S2/c23-15-11-14(12-16(24)13-15)22(30)27-8-2-9-28(34(31,32)19-3-1-10-33-19)21(27)20(29)26-18-6-4-17(25)5-7-18/h1,3,10-13,17-18,21H,2,4-9,25H2,(H,26,29). The van der Waals surface area contributed by atoms with Crippen molar-refractivity contribution in [3.63, 3.8) is 0 Å². The lowest BCUT2D eigenvalue weighted by Gasteiger charge is -2.42. The van der Waals surface area contributed by atoms with Crippen LogP contribution in [0.1, 0.15) is 42.5 Å². The van der Waals surface area contributed by atoms with Crippen LogP contribution in [0, 0.1) is 11.6 Å². The molecule has 184 valence electrons. The monoisotopic (exact) mass is 512 g/mol. The van der Waals surface area contributed by atoms with E-state index in [1.807, 2.05) is 0 Å². The molecule has 1 saturated heterocycles. The van der Waals surface area contributed by atoms with Gasteiger partial charge in [-0.2, -0.15) is 4.31 Å². The highest BCUT2D eigenvalue weighted by Crippen LogP contribution is 2.29. The second kappa shape index (κ2) is 10.1. The van der Waals surface area contributed by atoms with Crippen molar-refractivity contribution in [2.75, 3.05) is 13.1 Å². The molecule has 12 heteroatoms. The summed E-state index contributed by atoms with van der Waals surface area (Å²) in [5, 5.41) is 4.48. The number of amides is 2. The number of nitrogens with two attached hydrogens (primary N) is 1. The molecule has 0 bridgehead atoms. The molecule has 3 N–H and O–H groups in total. The Labute approximate surface area is 200 Å². The van der Waals surface area contributed by atoms with E-state index in [2.05, 4.69) is 5.32 Å². The van der Waals surface area contributed by atoms with Gasteiger partial charge < -0.3 is 16.0 Å². The number of nitrogens with one attached hydrogen (secondary N) is 1. The molecule has 1 saturated carbocycles. The summed E-state index contributed by atoms with van der Waals surface area (Å²) < 4.78 is 55.4. The van der Waals surface area contributed by atoms with Crippen molar-refractivity contribution in [2.45, 2.75) is 54.6 Å². The molecule has 2 heterocycles. The third kappa shape index (κ3) is 5.14. The highest BCUT2D eigenvalue weighted by atomic mass is 32.2. The van der Waals surface area contributed by atoms with Gasteiger partial charge in [0.15, 0.2) is 6.17 Å². The van der Waals surface area contributed by atoms with Gasteiger partial charge in [-0.15, -0.1) is 11.3 Å². The quantitative estimate of drug-likeness (QED) is 0.638. The van der Waals surface area contributed by atoms with Crippen LogP contribution in [0.25, 0.3) is 0 Å². The number of thiophene rings is 1. The number of halogens is 2. The second-order valence-corrected chi connectivity index (χ2v) is 11.6. The minimum Gasteiger partial charge on any atom is -0.350 e. The van der Waals surface area contributed by atoms with Gasteiger partial charge in [0.25, 0.3) is 21.8 Å². The zero-order chi connectivity index (χ0) is 24.5. The van der Waals surface area contributed by atoms with E-state index in [0.717, 1.165) is 45.5 Å². The molecule has 2 aliphatic rings. The van der Waals surface area contributed by atoms with Crippen molar-refractivity contribution in [3.05, 3.63) is 52.9 Å². The summed E-state index contributed by atoms with van der Waals surface area (Å²) in [6, 6.07) is 5.24. The molecular formula is C22H26F2N4O4S2. The maximum Gasteiger partial charge on any atom is 0.259 e. The summed E-state index contributed by atoms with van der Waals surface area (Å²) in [6.07, 6.45) is 1.49. The fraction of sp³-hybridized carbons (Fsp3) is 0.455. The third-order valence-electron chi connectivity index (χ3n) is 6.13. The number of hydrogen-bond donors (Lipinski definition) is 2. The first-order chi connectivity index (χ1) is 16.2. The molecule has 1 aliphatic carbocycles. The lowest BCUT2D eigenvalue weighted by Crippen LogP contribution is -2.64. The van der Waals surface area contributed by atoms with Gasteiger partial charge in [0.1, 0.15) is 15.8 Å². The van der Waals surface area contributed by atoms with Gasteiger partial charge in [0.05, 0.1) is 0 Å². The Balaban J connectivity index is 1.68. The van der Waals surface area contributed by atoms with Gasteiger partial charge in [-0.3, -0.25) is 9.59 Å². The van der Waals surface area contributed by atoms with E-state index in [-0.39, 0.29) is 41.4 Å². The SMILES string of the molecule is NC1CCC(NC(=O)C2N(C(=O)c3cc(F)cc(F)c3)CCCN2S(=O)(=O)c2cccs2)CC1. The van der Waals surface area contributed by atoms with Gasteiger partial charge in [-0.1, -0.05) is 6.07 Å². The Morgan fingerprint density at radius 3 is 2.35 bits per heavy atom. The zero-order valence-electron chi connectivity index (χ0n) is 18.3.